The molecule has 0 aliphatic carbocycles. The first-order chi connectivity index (χ1) is 16.8. The molecule has 3 amide bonds. The van der Waals surface area contributed by atoms with E-state index in [9.17, 15) is 9.59 Å². The van der Waals surface area contributed by atoms with Crippen molar-refractivity contribution in [3.05, 3.63) is 30.0 Å². The maximum absolute atomic E-state index is 12.6. The van der Waals surface area contributed by atoms with Crippen molar-refractivity contribution in [1.82, 2.24) is 19.9 Å². The van der Waals surface area contributed by atoms with Gasteiger partial charge in [-0.25, -0.2) is 14.4 Å². The van der Waals surface area contributed by atoms with Crippen LogP contribution in [0.5, 0.6) is 0 Å². The zero-order valence-corrected chi connectivity index (χ0v) is 19.5. The lowest BCUT2D eigenvalue weighted by Gasteiger charge is -2.37. The fraction of sp³-hybridized carbons (Fsp3) is 0.542. The lowest BCUT2D eigenvalue weighted by Crippen LogP contribution is -2.55. The van der Waals surface area contributed by atoms with Crippen LogP contribution in [-0.4, -0.2) is 92.7 Å². The molecule has 11 nitrogen and oxygen atoms in total. The molecule has 35 heavy (non-hydrogen) atoms. The molecule has 3 saturated heterocycles. The lowest BCUT2D eigenvalue weighted by molar-refractivity contribution is -0.159. The maximum Gasteiger partial charge on any atom is 0.414 e. The number of fused-ring (bicyclic) bond motifs is 2. The molecule has 4 heterocycles. The van der Waals surface area contributed by atoms with Crippen molar-refractivity contribution in [3.8, 4) is 0 Å². The number of aromatic nitrogens is 1. The van der Waals surface area contributed by atoms with E-state index >= 15 is 0 Å². The van der Waals surface area contributed by atoms with E-state index in [1.165, 1.54) is 4.90 Å². The quantitative estimate of drug-likeness (QED) is 0.608. The molecule has 3 aliphatic heterocycles. The monoisotopic (exact) mass is 486 g/mol. The maximum atomic E-state index is 12.6. The molecule has 11 heteroatoms. The summed E-state index contributed by atoms with van der Waals surface area (Å²) in [6, 6.07) is 8.14. The highest BCUT2D eigenvalue weighted by molar-refractivity contribution is 6.27. The number of piperidine rings is 1. The van der Waals surface area contributed by atoms with Crippen LogP contribution in [-0.2, 0) is 14.4 Å². The Morgan fingerprint density at radius 1 is 1.00 bits per heavy atom. The van der Waals surface area contributed by atoms with Gasteiger partial charge in [-0.3, -0.25) is 9.69 Å². The van der Waals surface area contributed by atoms with Crippen molar-refractivity contribution >= 4 is 34.8 Å². The Morgan fingerprint density at radius 3 is 2.43 bits per heavy atom. The summed E-state index contributed by atoms with van der Waals surface area (Å²) in [6.07, 6.45) is 5.46. The molecule has 1 aromatic carbocycles. The normalized spacial score (nSPS) is 21.1. The number of hydrogen-bond acceptors (Lipinski definition) is 7. The van der Waals surface area contributed by atoms with Crippen LogP contribution in [0.15, 0.2) is 28.8 Å². The molecule has 2 N–H and O–H groups in total. The zero-order valence-electron chi connectivity index (χ0n) is 19.5. The summed E-state index contributed by atoms with van der Waals surface area (Å²) < 4.78 is 5.47. The van der Waals surface area contributed by atoms with Crippen molar-refractivity contribution in [2.75, 3.05) is 32.7 Å². The van der Waals surface area contributed by atoms with Gasteiger partial charge in [0.2, 0.25) is 5.91 Å². The van der Waals surface area contributed by atoms with E-state index in [4.69, 9.17) is 24.3 Å². The number of carboxylic acids is 2. The van der Waals surface area contributed by atoms with Gasteiger partial charge in [-0.15, -0.1) is 0 Å². The smallest absolute Gasteiger partial charge is 0.414 e. The predicted molar refractivity (Wildman–Crippen MR) is 124 cm³/mol. The van der Waals surface area contributed by atoms with Gasteiger partial charge in [-0.1, -0.05) is 17.3 Å². The van der Waals surface area contributed by atoms with Crippen molar-refractivity contribution in [3.63, 3.8) is 0 Å². The highest BCUT2D eigenvalue weighted by atomic mass is 16.5. The predicted octanol–water partition coefficient (Wildman–Crippen LogP) is 2.37. The molecule has 188 valence electrons. The number of nitrogens with zero attached hydrogens (tertiary/aromatic N) is 4. The van der Waals surface area contributed by atoms with Gasteiger partial charge in [0.05, 0.1) is 5.69 Å². The van der Waals surface area contributed by atoms with Gasteiger partial charge in [0.25, 0.3) is 0 Å². The SMILES string of the molecule is O=C(O)C(=O)O.O=C1CC2CCCN2C(=O)N1CCCN1CCC(c2noc3ccccc23)CC1. The highest BCUT2D eigenvalue weighted by Gasteiger charge is 2.40. The van der Waals surface area contributed by atoms with Gasteiger partial charge in [-0.2, -0.15) is 0 Å². The van der Waals surface area contributed by atoms with E-state index < -0.39 is 11.9 Å². The van der Waals surface area contributed by atoms with Crippen molar-refractivity contribution < 1.29 is 33.9 Å². The summed E-state index contributed by atoms with van der Waals surface area (Å²) in [5.74, 6) is -3.20. The minimum absolute atomic E-state index is 0.00904. The van der Waals surface area contributed by atoms with Crippen LogP contribution in [0.2, 0.25) is 0 Å². The molecular formula is C24H30N4O7. The first-order valence-electron chi connectivity index (χ1n) is 12.0. The summed E-state index contributed by atoms with van der Waals surface area (Å²) >= 11 is 0. The second-order valence-electron chi connectivity index (χ2n) is 9.17. The van der Waals surface area contributed by atoms with Gasteiger partial charge >= 0.3 is 18.0 Å². The molecule has 1 unspecified atom stereocenters. The van der Waals surface area contributed by atoms with E-state index in [0.29, 0.717) is 18.9 Å². The number of rotatable bonds is 5. The Bertz CT molecular complexity index is 1080. The molecule has 3 aliphatic rings. The Balaban J connectivity index is 0.000000431. The van der Waals surface area contributed by atoms with E-state index in [1.54, 1.807) is 0 Å². The van der Waals surface area contributed by atoms with Gasteiger partial charge < -0.3 is 24.5 Å². The summed E-state index contributed by atoms with van der Waals surface area (Å²) in [7, 11) is 0. The Hall–Kier alpha value is -3.47. The van der Waals surface area contributed by atoms with E-state index in [2.05, 4.69) is 16.1 Å². The summed E-state index contributed by atoms with van der Waals surface area (Å²) in [5.41, 5.74) is 1.95. The minimum atomic E-state index is -1.82. The van der Waals surface area contributed by atoms with Gasteiger partial charge in [0.15, 0.2) is 5.58 Å². The third-order valence-electron chi connectivity index (χ3n) is 6.98. The molecule has 5 rings (SSSR count). The molecule has 1 atom stereocenters. The Kier molecular flexibility index (Phi) is 7.64. The van der Waals surface area contributed by atoms with Crippen molar-refractivity contribution in [1.29, 1.82) is 0 Å². The fourth-order valence-electron chi connectivity index (χ4n) is 5.18. The van der Waals surface area contributed by atoms with Crippen LogP contribution in [0, 0.1) is 0 Å². The van der Waals surface area contributed by atoms with Gasteiger partial charge in [-0.05, 0) is 63.9 Å². The lowest BCUT2D eigenvalue weighted by atomic mass is 9.91. The summed E-state index contributed by atoms with van der Waals surface area (Å²) in [4.78, 5) is 49.0. The highest BCUT2D eigenvalue weighted by Crippen LogP contribution is 2.32. The number of aliphatic carboxylic acids is 2. The first-order valence-corrected chi connectivity index (χ1v) is 12.0. The zero-order chi connectivity index (χ0) is 24.9. The molecule has 0 spiro atoms. The summed E-state index contributed by atoms with van der Waals surface area (Å²) in [6.45, 7) is 4.29. The third kappa shape index (κ3) is 5.61. The van der Waals surface area contributed by atoms with Crippen LogP contribution in [0.3, 0.4) is 0 Å². The number of carboxylic acid groups (broad SMARTS) is 2. The molecule has 0 saturated carbocycles. The number of benzene rings is 1. The van der Waals surface area contributed by atoms with Gasteiger partial charge in [0.1, 0.15) is 0 Å². The summed E-state index contributed by atoms with van der Waals surface area (Å²) in [5, 5.41) is 20.2. The Morgan fingerprint density at radius 2 is 1.71 bits per heavy atom. The van der Waals surface area contributed by atoms with Gasteiger partial charge in [0, 0.05) is 36.9 Å². The molecule has 1 aromatic heterocycles. The van der Waals surface area contributed by atoms with Crippen LogP contribution in [0.1, 0.15) is 50.1 Å². The molecular weight excluding hydrogens is 456 g/mol. The average Bonchev–Trinajstić information content (AvgIpc) is 3.49. The standard InChI is InChI=1S/C22H28N4O3.C2H2O4/c27-20-15-17-5-3-11-25(17)22(28)26(20)12-4-10-24-13-8-16(9-14-24)21-18-6-1-2-7-19(18)29-23-21;3-1(4)2(5)6/h1-2,6-7,16-17H,3-5,8-15H2;(H,3,4)(H,5,6). The third-order valence-corrected chi connectivity index (χ3v) is 6.98. The first kappa shape index (κ1) is 24.6. The number of para-hydroxylation sites is 1. The van der Waals surface area contributed by atoms with Crippen LogP contribution in [0.25, 0.3) is 11.0 Å². The Labute approximate surface area is 202 Å². The number of imide groups is 1. The number of amides is 3. The topological polar surface area (TPSA) is 144 Å². The average molecular weight is 487 g/mol. The number of carbonyl (C=O) groups is 4. The fourth-order valence-corrected chi connectivity index (χ4v) is 5.18. The van der Waals surface area contributed by atoms with Crippen molar-refractivity contribution in [2.24, 2.45) is 0 Å². The minimum Gasteiger partial charge on any atom is -0.473 e. The van der Waals surface area contributed by atoms with Crippen molar-refractivity contribution in [2.45, 2.75) is 50.5 Å². The van der Waals surface area contributed by atoms with Crippen LogP contribution < -0.4 is 0 Å². The second kappa shape index (κ2) is 10.9. The molecule has 0 bridgehead atoms. The van der Waals surface area contributed by atoms with E-state index in [0.717, 1.165) is 74.9 Å². The van der Waals surface area contributed by atoms with E-state index in [1.807, 2.05) is 23.1 Å². The number of carbonyl (C=O) groups excluding carboxylic acids is 2. The largest absolute Gasteiger partial charge is 0.473 e. The number of likely N-dealkylation sites (tertiary alicyclic amines) is 1. The van der Waals surface area contributed by atoms with Crippen LogP contribution >= 0.6 is 0 Å². The number of hydrogen-bond donors (Lipinski definition) is 2. The molecule has 3 fully saturated rings. The molecule has 0 radical (unpaired) electrons. The molecule has 2 aromatic rings. The second-order valence-corrected chi connectivity index (χ2v) is 9.17. The number of urea groups is 1. The van der Waals surface area contributed by atoms with Crippen LogP contribution in [0.4, 0.5) is 4.79 Å². The van der Waals surface area contributed by atoms with E-state index in [-0.39, 0.29) is 18.0 Å².